The van der Waals surface area contributed by atoms with Gasteiger partial charge in [-0.3, -0.25) is 19.7 Å². The minimum atomic E-state index is -0.566. The van der Waals surface area contributed by atoms with E-state index in [1.54, 1.807) is 24.3 Å². The van der Waals surface area contributed by atoms with E-state index >= 15 is 0 Å². The van der Waals surface area contributed by atoms with Crippen molar-refractivity contribution in [1.82, 2.24) is 0 Å². The number of hydrogen-bond donors (Lipinski definition) is 2. The molecule has 0 spiro atoms. The fraction of sp³-hybridized carbons (Fsp3) is 0.263. The van der Waals surface area contributed by atoms with Crippen molar-refractivity contribution in [3.8, 4) is 0 Å². The molecule has 0 aliphatic carbocycles. The fourth-order valence-electron chi connectivity index (χ4n) is 2.56. The second-order valence-corrected chi connectivity index (χ2v) is 6.37. The average molecular weight is 390 g/mol. The van der Waals surface area contributed by atoms with Crippen molar-refractivity contribution >= 4 is 40.5 Å². The molecular weight excluding hydrogens is 370 g/mol. The van der Waals surface area contributed by atoms with E-state index in [1.807, 2.05) is 13.8 Å². The van der Waals surface area contributed by atoms with Crippen LogP contribution in [0.2, 0.25) is 5.02 Å². The molecule has 27 heavy (non-hydrogen) atoms. The molecule has 142 valence electrons. The summed E-state index contributed by atoms with van der Waals surface area (Å²) in [5.41, 5.74) is 0.948. The van der Waals surface area contributed by atoms with Crippen molar-refractivity contribution in [3.63, 3.8) is 0 Å². The van der Waals surface area contributed by atoms with Crippen molar-refractivity contribution in [1.29, 1.82) is 0 Å². The molecule has 7 nitrogen and oxygen atoms in total. The van der Waals surface area contributed by atoms with Crippen molar-refractivity contribution in [2.75, 3.05) is 10.6 Å². The number of halogens is 1. The van der Waals surface area contributed by atoms with Crippen LogP contribution in [0.1, 0.15) is 37.0 Å². The number of non-ortho nitro benzene ring substituents is 1. The van der Waals surface area contributed by atoms with Crippen LogP contribution in [0.15, 0.2) is 42.5 Å². The van der Waals surface area contributed by atoms with Gasteiger partial charge in [0, 0.05) is 29.3 Å². The van der Waals surface area contributed by atoms with Crippen molar-refractivity contribution in [3.05, 3.63) is 63.2 Å². The molecule has 0 bridgehead atoms. The summed E-state index contributed by atoms with van der Waals surface area (Å²) in [6, 6.07) is 10.3. The first kappa shape index (κ1) is 20.4. The molecule has 2 N–H and O–H groups in total. The van der Waals surface area contributed by atoms with E-state index in [-0.39, 0.29) is 28.2 Å². The van der Waals surface area contributed by atoms with Crippen LogP contribution in [-0.2, 0) is 4.79 Å². The normalized spacial score (nSPS) is 10.5. The first-order valence-corrected chi connectivity index (χ1v) is 8.89. The largest absolute Gasteiger partial charge is 0.326 e. The molecule has 0 saturated heterocycles. The summed E-state index contributed by atoms with van der Waals surface area (Å²) < 4.78 is 0. The molecule has 0 saturated carbocycles. The van der Waals surface area contributed by atoms with E-state index in [0.29, 0.717) is 11.3 Å². The number of benzene rings is 2. The Kier molecular flexibility index (Phi) is 6.90. The van der Waals surface area contributed by atoms with Crippen LogP contribution in [-0.4, -0.2) is 16.7 Å². The quantitative estimate of drug-likeness (QED) is 0.520. The second-order valence-electron chi connectivity index (χ2n) is 5.96. The monoisotopic (exact) mass is 389 g/mol. The molecule has 0 fully saturated rings. The van der Waals surface area contributed by atoms with Gasteiger partial charge in [0.05, 0.1) is 15.6 Å². The maximum Gasteiger partial charge on any atom is 0.271 e. The van der Waals surface area contributed by atoms with Crippen LogP contribution >= 0.6 is 11.6 Å². The smallest absolute Gasteiger partial charge is 0.271 e. The van der Waals surface area contributed by atoms with Gasteiger partial charge in [-0.25, -0.2) is 0 Å². The van der Waals surface area contributed by atoms with Gasteiger partial charge in [-0.1, -0.05) is 31.5 Å². The average Bonchev–Trinajstić information content (AvgIpc) is 2.64. The first-order chi connectivity index (χ1) is 12.8. The lowest BCUT2D eigenvalue weighted by atomic mass is 10.0. The van der Waals surface area contributed by atoms with Crippen LogP contribution in [0.25, 0.3) is 0 Å². The molecule has 8 heteroatoms. The molecular formula is C19H20ClN3O4. The van der Waals surface area contributed by atoms with E-state index in [2.05, 4.69) is 10.6 Å². The van der Waals surface area contributed by atoms with Gasteiger partial charge in [0.2, 0.25) is 5.91 Å². The molecule has 0 heterocycles. The van der Waals surface area contributed by atoms with Crippen LogP contribution in [0, 0.1) is 16.0 Å². The number of nitro groups is 1. The lowest BCUT2D eigenvalue weighted by Gasteiger charge is -2.13. The van der Waals surface area contributed by atoms with Crippen molar-refractivity contribution in [2.45, 2.75) is 26.7 Å². The number of anilines is 2. The molecule has 0 aliphatic heterocycles. The summed E-state index contributed by atoms with van der Waals surface area (Å²) in [4.78, 5) is 34.8. The summed E-state index contributed by atoms with van der Waals surface area (Å²) >= 11 is 6.00. The highest BCUT2D eigenvalue weighted by molar-refractivity contribution is 6.34. The highest BCUT2D eigenvalue weighted by Crippen LogP contribution is 2.27. The summed E-state index contributed by atoms with van der Waals surface area (Å²) in [5.74, 6) is -0.609. The van der Waals surface area contributed by atoms with E-state index < -0.39 is 10.8 Å². The number of nitrogens with zero attached hydrogens (tertiary/aromatic N) is 1. The Morgan fingerprint density at radius 2 is 1.81 bits per heavy atom. The Bertz CT molecular complexity index is 866. The van der Waals surface area contributed by atoms with Gasteiger partial charge in [-0.15, -0.1) is 0 Å². The lowest BCUT2D eigenvalue weighted by Crippen LogP contribution is -2.22. The minimum Gasteiger partial charge on any atom is -0.326 e. The van der Waals surface area contributed by atoms with Crippen LogP contribution in [0.3, 0.4) is 0 Å². The molecule has 0 aliphatic rings. The van der Waals surface area contributed by atoms with E-state index in [4.69, 9.17) is 11.6 Å². The summed E-state index contributed by atoms with van der Waals surface area (Å²) in [7, 11) is 0. The number of nitro benzene ring substituents is 1. The van der Waals surface area contributed by atoms with Crippen LogP contribution in [0.5, 0.6) is 0 Å². The van der Waals surface area contributed by atoms with Gasteiger partial charge >= 0.3 is 0 Å². The molecule has 2 aromatic rings. The van der Waals surface area contributed by atoms with Gasteiger partial charge < -0.3 is 10.6 Å². The number of rotatable bonds is 7. The van der Waals surface area contributed by atoms with Crippen molar-refractivity contribution in [2.24, 2.45) is 5.92 Å². The lowest BCUT2D eigenvalue weighted by molar-refractivity contribution is -0.384. The Morgan fingerprint density at radius 1 is 1.11 bits per heavy atom. The van der Waals surface area contributed by atoms with Crippen molar-refractivity contribution < 1.29 is 14.5 Å². The molecule has 2 aromatic carbocycles. The summed E-state index contributed by atoms with van der Waals surface area (Å²) in [5, 5.41) is 16.2. The summed E-state index contributed by atoms with van der Waals surface area (Å²) in [6.07, 6.45) is 1.47. The Morgan fingerprint density at radius 3 is 2.41 bits per heavy atom. The number of amides is 2. The standard InChI is InChI=1S/C19H20ClN3O4/c1-3-12(4-2)18(24)21-14-7-5-6-13(10-14)19(25)22-17-9-8-15(23(26)27)11-16(17)20/h5-12H,3-4H2,1-2H3,(H,21,24)(H,22,25). The van der Waals surface area contributed by atoms with Gasteiger partial charge in [0.25, 0.3) is 11.6 Å². The topological polar surface area (TPSA) is 101 Å². The predicted molar refractivity (Wildman–Crippen MR) is 105 cm³/mol. The molecule has 0 atom stereocenters. The number of carbonyl (C=O) groups excluding carboxylic acids is 2. The zero-order valence-electron chi connectivity index (χ0n) is 15.0. The SMILES string of the molecule is CCC(CC)C(=O)Nc1cccc(C(=O)Nc2ccc([N+](=O)[O-])cc2Cl)c1. The van der Waals surface area contributed by atoms with E-state index in [9.17, 15) is 19.7 Å². The molecule has 0 radical (unpaired) electrons. The second kappa shape index (κ2) is 9.14. The maximum atomic E-state index is 12.5. The minimum absolute atomic E-state index is 0.0655. The fourth-order valence-corrected chi connectivity index (χ4v) is 2.78. The van der Waals surface area contributed by atoms with Crippen LogP contribution < -0.4 is 10.6 Å². The number of carbonyl (C=O) groups is 2. The Labute approximate surface area is 161 Å². The van der Waals surface area contributed by atoms with Crippen LogP contribution in [0.4, 0.5) is 17.1 Å². The third-order valence-electron chi connectivity index (χ3n) is 4.16. The zero-order valence-corrected chi connectivity index (χ0v) is 15.7. The predicted octanol–water partition coefficient (Wildman–Crippen LogP) is 4.88. The molecule has 2 amide bonds. The highest BCUT2D eigenvalue weighted by atomic mass is 35.5. The molecule has 0 aromatic heterocycles. The third kappa shape index (κ3) is 5.27. The van der Waals surface area contributed by atoms with Gasteiger partial charge in [-0.2, -0.15) is 0 Å². The zero-order chi connectivity index (χ0) is 20.0. The Balaban J connectivity index is 2.13. The summed E-state index contributed by atoms with van der Waals surface area (Å²) in [6.45, 7) is 3.90. The first-order valence-electron chi connectivity index (χ1n) is 8.51. The number of nitrogens with one attached hydrogen (secondary N) is 2. The van der Waals surface area contributed by atoms with Gasteiger partial charge in [-0.05, 0) is 37.1 Å². The molecule has 2 rings (SSSR count). The van der Waals surface area contributed by atoms with E-state index in [0.717, 1.165) is 12.8 Å². The van der Waals surface area contributed by atoms with Gasteiger partial charge in [0.15, 0.2) is 0 Å². The number of hydrogen-bond acceptors (Lipinski definition) is 4. The highest BCUT2D eigenvalue weighted by Gasteiger charge is 2.16. The Hall–Kier alpha value is -2.93. The molecule has 0 unspecified atom stereocenters. The maximum absolute atomic E-state index is 12.5. The third-order valence-corrected chi connectivity index (χ3v) is 4.47. The van der Waals surface area contributed by atoms with Gasteiger partial charge in [0.1, 0.15) is 0 Å². The van der Waals surface area contributed by atoms with E-state index in [1.165, 1.54) is 18.2 Å².